The molecule has 7 heteroatoms. The molecule has 1 aromatic rings. The highest BCUT2D eigenvalue weighted by Gasteiger charge is 2.18. The van der Waals surface area contributed by atoms with Crippen LogP contribution in [0.5, 0.6) is 0 Å². The van der Waals surface area contributed by atoms with E-state index in [-0.39, 0.29) is 24.5 Å². The number of rotatable bonds is 5. The van der Waals surface area contributed by atoms with Gasteiger partial charge in [0.25, 0.3) is 0 Å². The van der Waals surface area contributed by atoms with Gasteiger partial charge in [0, 0.05) is 0 Å². The Morgan fingerprint density at radius 3 is 3.00 bits per heavy atom. The molecule has 0 aliphatic rings. The van der Waals surface area contributed by atoms with E-state index in [1.165, 1.54) is 0 Å². The Hall–Kier alpha value is -1.69. The van der Waals surface area contributed by atoms with Crippen LogP contribution >= 0.6 is 11.6 Å². The molecule has 0 bridgehead atoms. The zero-order valence-electron chi connectivity index (χ0n) is 9.00. The van der Waals surface area contributed by atoms with E-state index in [4.69, 9.17) is 11.6 Å². The SMILES string of the molecule is CCOC(=O)c1nc(CNC=O)cc(F)c1Cl. The summed E-state index contributed by atoms with van der Waals surface area (Å²) in [5, 5.41) is 1.91. The van der Waals surface area contributed by atoms with Crippen molar-refractivity contribution in [3.05, 3.63) is 28.3 Å². The molecule has 92 valence electrons. The van der Waals surface area contributed by atoms with Crippen LogP contribution in [0.4, 0.5) is 4.39 Å². The fraction of sp³-hybridized carbons (Fsp3) is 0.300. The van der Waals surface area contributed by atoms with Crippen molar-refractivity contribution in [2.24, 2.45) is 0 Å². The van der Waals surface area contributed by atoms with Crippen LogP contribution in [0.1, 0.15) is 23.1 Å². The summed E-state index contributed by atoms with van der Waals surface area (Å²) in [5.41, 5.74) is -0.113. The summed E-state index contributed by atoms with van der Waals surface area (Å²) in [6.45, 7) is 1.75. The Balaban J connectivity index is 3.06. The van der Waals surface area contributed by atoms with Gasteiger partial charge in [-0.15, -0.1) is 0 Å². The van der Waals surface area contributed by atoms with E-state index in [0.717, 1.165) is 6.07 Å². The Bertz CT molecular complexity index is 440. The summed E-state index contributed by atoms with van der Waals surface area (Å²) in [4.78, 5) is 25.3. The standard InChI is InChI=1S/C10H10ClFN2O3/c1-2-17-10(16)9-8(11)7(12)3-6(14-9)4-13-5-15/h3,5H,2,4H2,1H3,(H,13,15). The number of esters is 1. The van der Waals surface area contributed by atoms with Crippen molar-refractivity contribution >= 4 is 24.0 Å². The molecule has 1 rings (SSSR count). The lowest BCUT2D eigenvalue weighted by atomic mass is 10.3. The molecule has 0 aromatic carbocycles. The highest BCUT2D eigenvalue weighted by Crippen LogP contribution is 2.20. The summed E-state index contributed by atoms with van der Waals surface area (Å²) < 4.78 is 18.1. The topological polar surface area (TPSA) is 68.3 Å². The normalized spacial score (nSPS) is 9.82. The molecule has 17 heavy (non-hydrogen) atoms. The molecule has 0 atom stereocenters. The van der Waals surface area contributed by atoms with E-state index in [0.29, 0.717) is 6.41 Å². The van der Waals surface area contributed by atoms with Gasteiger partial charge in [-0.25, -0.2) is 14.2 Å². The highest BCUT2D eigenvalue weighted by molar-refractivity contribution is 6.33. The number of aromatic nitrogens is 1. The van der Waals surface area contributed by atoms with Gasteiger partial charge in [0.2, 0.25) is 6.41 Å². The molecule has 1 aromatic heterocycles. The van der Waals surface area contributed by atoms with Crippen molar-refractivity contribution < 1.29 is 18.7 Å². The van der Waals surface area contributed by atoms with Gasteiger partial charge in [0.15, 0.2) is 5.69 Å². The summed E-state index contributed by atoms with van der Waals surface area (Å²) in [7, 11) is 0. The molecule has 0 aliphatic heterocycles. The van der Waals surface area contributed by atoms with Gasteiger partial charge in [-0.05, 0) is 13.0 Å². The third-order valence-electron chi connectivity index (χ3n) is 1.80. The molecule has 1 heterocycles. The van der Waals surface area contributed by atoms with Gasteiger partial charge in [-0.3, -0.25) is 4.79 Å². The molecule has 0 unspecified atom stereocenters. The van der Waals surface area contributed by atoms with Crippen molar-refractivity contribution in [1.82, 2.24) is 10.3 Å². The molecular weight excluding hydrogens is 251 g/mol. The van der Waals surface area contributed by atoms with Crippen LogP contribution in [-0.4, -0.2) is 24.0 Å². The minimum Gasteiger partial charge on any atom is -0.461 e. The Labute approximate surface area is 102 Å². The van der Waals surface area contributed by atoms with Crippen LogP contribution in [-0.2, 0) is 16.1 Å². The maximum Gasteiger partial charge on any atom is 0.358 e. The Morgan fingerprint density at radius 2 is 2.41 bits per heavy atom. The van der Waals surface area contributed by atoms with E-state index in [2.05, 4.69) is 15.0 Å². The number of hydrogen-bond acceptors (Lipinski definition) is 4. The van der Waals surface area contributed by atoms with Gasteiger partial charge in [-0.1, -0.05) is 11.6 Å². The second kappa shape index (κ2) is 6.15. The van der Waals surface area contributed by atoms with Crippen LogP contribution < -0.4 is 5.32 Å². The number of carbonyl (C=O) groups excluding carboxylic acids is 2. The maximum absolute atomic E-state index is 13.4. The number of carbonyl (C=O) groups is 2. The van der Waals surface area contributed by atoms with Crippen molar-refractivity contribution in [3.8, 4) is 0 Å². The van der Waals surface area contributed by atoms with Crippen molar-refractivity contribution in [2.45, 2.75) is 13.5 Å². The monoisotopic (exact) mass is 260 g/mol. The predicted molar refractivity (Wildman–Crippen MR) is 58.1 cm³/mol. The smallest absolute Gasteiger partial charge is 0.358 e. The number of nitrogens with one attached hydrogen (secondary N) is 1. The zero-order valence-corrected chi connectivity index (χ0v) is 9.75. The first-order valence-corrected chi connectivity index (χ1v) is 5.17. The lowest BCUT2D eigenvalue weighted by molar-refractivity contribution is -0.109. The third kappa shape index (κ3) is 3.39. The van der Waals surface area contributed by atoms with E-state index in [9.17, 15) is 14.0 Å². The molecule has 0 saturated heterocycles. The van der Waals surface area contributed by atoms with E-state index < -0.39 is 16.8 Å². The summed E-state index contributed by atoms with van der Waals surface area (Å²) in [6.07, 6.45) is 0.443. The molecule has 0 spiro atoms. The highest BCUT2D eigenvalue weighted by atomic mass is 35.5. The Kier molecular flexibility index (Phi) is 4.84. The van der Waals surface area contributed by atoms with Crippen LogP contribution in [0.15, 0.2) is 6.07 Å². The number of ether oxygens (including phenoxy) is 1. The van der Waals surface area contributed by atoms with Gasteiger partial charge in [0.1, 0.15) is 10.8 Å². The number of halogens is 2. The molecule has 0 radical (unpaired) electrons. The number of hydrogen-bond donors (Lipinski definition) is 1. The first kappa shape index (κ1) is 13.4. The molecule has 0 fully saturated rings. The second-order valence-electron chi connectivity index (χ2n) is 2.98. The number of pyridine rings is 1. The van der Waals surface area contributed by atoms with Gasteiger partial charge < -0.3 is 10.1 Å². The minimum atomic E-state index is -0.802. The third-order valence-corrected chi connectivity index (χ3v) is 2.16. The van der Waals surface area contributed by atoms with Crippen LogP contribution in [0, 0.1) is 5.82 Å². The second-order valence-corrected chi connectivity index (χ2v) is 3.36. The quantitative estimate of drug-likeness (QED) is 0.640. The summed E-state index contributed by atoms with van der Waals surface area (Å²) >= 11 is 5.60. The van der Waals surface area contributed by atoms with Crippen molar-refractivity contribution in [1.29, 1.82) is 0 Å². The molecule has 0 aliphatic carbocycles. The van der Waals surface area contributed by atoms with Gasteiger partial charge in [-0.2, -0.15) is 0 Å². The van der Waals surface area contributed by atoms with E-state index >= 15 is 0 Å². The molecule has 5 nitrogen and oxygen atoms in total. The zero-order chi connectivity index (χ0) is 12.8. The number of nitrogens with zero attached hydrogens (tertiary/aromatic N) is 1. The first-order chi connectivity index (χ1) is 8.10. The summed E-state index contributed by atoms with van der Waals surface area (Å²) in [6, 6.07) is 1.04. The fourth-order valence-electron chi connectivity index (χ4n) is 1.12. The van der Waals surface area contributed by atoms with Crippen LogP contribution in [0.2, 0.25) is 5.02 Å². The lowest BCUT2D eigenvalue weighted by Gasteiger charge is -2.07. The molecule has 0 saturated carbocycles. The average molecular weight is 261 g/mol. The Morgan fingerprint density at radius 1 is 1.71 bits per heavy atom. The minimum absolute atomic E-state index is 0.00396. The van der Waals surface area contributed by atoms with Crippen LogP contribution in [0.3, 0.4) is 0 Å². The van der Waals surface area contributed by atoms with Gasteiger partial charge in [0.05, 0.1) is 18.8 Å². The molecular formula is C10H10ClFN2O3. The molecule has 1 amide bonds. The predicted octanol–water partition coefficient (Wildman–Crippen LogP) is 1.30. The number of amides is 1. The largest absolute Gasteiger partial charge is 0.461 e. The van der Waals surface area contributed by atoms with Crippen molar-refractivity contribution in [2.75, 3.05) is 6.61 Å². The van der Waals surface area contributed by atoms with E-state index in [1.54, 1.807) is 6.92 Å². The molecule has 1 N–H and O–H groups in total. The van der Waals surface area contributed by atoms with Gasteiger partial charge >= 0.3 is 5.97 Å². The van der Waals surface area contributed by atoms with Crippen molar-refractivity contribution in [3.63, 3.8) is 0 Å². The first-order valence-electron chi connectivity index (χ1n) is 4.79. The fourth-order valence-corrected chi connectivity index (χ4v) is 1.29. The van der Waals surface area contributed by atoms with Crippen LogP contribution in [0.25, 0.3) is 0 Å². The average Bonchev–Trinajstić information content (AvgIpc) is 2.30. The summed E-state index contributed by atoms with van der Waals surface area (Å²) in [5.74, 6) is -1.59. The maximum atomic E-state index is 13.4. The lowest BCUT2D eigenvalue weighted by Crippen LogP contribution is -2.15. The van der Waals surface area contributed by atoms with E-state index in [1.807, 2.05) is 0 Å².